The van der Waals surface area contributed by atoms with Crippen LogP contribution < -0.4 is 11.1 Å². The Balaban J connectivity index is 2.08. The van der Waals surface area contributed by atoms with Crippen molar-refractivity contribution < 1.29 is 0 Å². The normalized spacial score (nSPS) is 20.8. The van der Waals surface area contributed by atoms with E-state index in [1.807, 2.05) is 0 Å². The van der Waals surface area contributed by atoms with Gasteiger partial charge in [0.1, 0.15) is 0 Å². The van der Waals surface area contributed by atoms with E-state index in [4.69, 9.17) is 5.73 Å². The minimum absolute atomic E-state index is 0.503. The summed E-state index contributed by atoms with van der Waals surface area (Å²) in [5.74, 6) is 4.35. The molecule has 1 unspecified atom stereocenters. The van der Waals surface area contributed by atoms with Gasteiger partial charge in [0.2, 0.25) is 0 Å². The Kier molecular flexibility index (Phi) is 6.69. The first kappa shape index (κ1) is 13.3. The average molecular weight is 230 g/mol. The van der Waals surface area contributed by atoms with Crippen LogP contribution in [0, 0.1) is 11.8 Å². The summed E-state index contributed by atoms with van der Waals surface area (Å²) in [5.41, 5.74) is 5.73. The van der Waals surface area contributed by atoms with E-state index in [-0.39, 0.29) is 0 Å². The number of hydrogen-bond acceptors (Lipinski definition) is 3. The number of nitrogens with two attached hydrogens (primary N) is 1. The average Bonchev–Trinajstić information content (AvgIpc) is 2.25. The molecule has 2 nitrogen and oxygen atoms in total. The minimum Gasteiger partial charge on any atom is -0.329 e. The molecule has 0 radical (unpaired) electrons. The van der Waals surface area contributed by atoms with Gasteiger partial charge < -0.3 is 11.1 Å². The fourth-order valence-corrected chi connectivity index (χ4v) is 3.30. The highest BCUT2D eigenvalue weighted by molar-refractivity contribution is 7.99. The van der Waals surface area contributed by atoms with Crippen LogP contribution in [0.25, 0.3) is 0 Å². The second kappa shape index (κ2) is 7.53. The molecule has 3 N–H and O–H groups in total. The first-order valence-electron chi connectivity index (χ1n) is 6.25. The number of thioether (sulfide) groups is 1. The summed E-state index contributed by atoms with van der Waals surface area (Å²) in [7, 11) is 0. The van der Waals surface area contributed by atoms with Crippen LogP contribution in [-0.2, 0) is 0 Å². The molecule has 1 rings (SSSR count). The zero-order valence-corrected chi connectivity index (χ0v) is 11.0. The smallest absolute Gasteiger partial charge is 0.0213 e. The summed E-state index contributed by atoms with van der Waals surface area (Å²) in [4.78, 5) is 0. The predicted octanol–water partition coefficient (Wildman–Crippen LogP) is 2.09. The van der Waals surface area contributed by atoms with Gasteiger partial charge in [0.15, 0.2) is 0 Å². The Labute approximate surface area is 98.8 Å². The molecule has 0 aromatic carbocycles. The third-order valence-corrected chi connectivity index (χ3v) is 4.41. The van der Waals surface area contributed by atoms with Crippen molar-refractivity contribution in [1.82, 2.24) is 5.32 Å². The molecule has 1 atom stereocenters. The lowest BCUT2D eigenvalue weighted by Gasteiger charge is -2.24. The van der Waals surface area contributed by atoms with Crippen molar-refractivity contribution >= 4 is 11.8 Å². The van der Waals surface area contributed by atoms with Crippen LogP contribution in [-0.4, -0.2) is 30.6 Å². The van der Waals surface area contributed by atoms with Gasteiger partial charge in [-0.05, 0) is 49.1 Å². The van der Waals surface area contributed by atoms with E-state index in [0.717, 1.165) is 19.0 Å². The highest BCUT2D eigenvalue weighted by Gasteiger charge is 2.15. The Morgan fingerprint density at radius 3 is 2.53 bits per heavy atom. The molecule has 15 heavy (non-hydrogen) atoms. The molecule has 1 saturated heterocycles. The molecule has 0 aromatic heterocycles. The zero-order valence-electron chi connectivity index (χ0n) is 10.2. The van der Waals surface area contributed by atoms with Gasteiger partial charge in [-0.3, -0.25) is 0 Å². The minimum atomic E-state index is 0.503. The summed E-state index contributed by atoms with van der Waals surface area (Å²) in [6, 6.07) is 0.503. The summed E-state index contributed by atoms with van der Waals surface area (Å²) in [6.45, 7) is 6.39. The first-order valence-corrected chi connectivity index (χ1v) is 7.40. The van der Waals surface area contributed by atoms with Crippen LogP contribution >= 0.6 is 11.8 Å². The Bertz CT molecular complexity index is 156. The lowest BCUT2D eigenvalue weighted by atomic mass is 9.98. The van der Waals surface area contributed by atoms with Gasteiger partial charge >= 0.3 is 0 Å². The van der Waals surface area contributed by atoms with Crippen molar-refractivity contribution in [3.63, 3.8) is 0 Å². The summed E-state index contributed by atoms with van der Waals surface area (Å²) < 4.78 is 0. The highest BCUT2D eigenvalue weighted by Crippen LogP contribution is 2.24. The molecule has 1 aliphatic rings. The lowest BCUT2D eigenvalue weighted by Crippen LogP contribution is -2.41. The van der Waals surface area contributed by atoms with Crippen LogP contribution in [0.1, 0.15) is 33.1 Å². The van der Waals surface area contributed by atoms with Gasteiger partial charge in [-0.15, -0.1) is 0 Å². The fourth-order valence-electron chi connectivity index (χ4n) is 2.10. The standard InChI is InChI=1S/C12H26N2S/c1-10(2)12(9-13)14-6-3-11-4-7-15-8-5-11/h10-12,14H,3-9,13H2,1-2H3. The largest absolute Gasteiger partial charge is 0.329 e. The molecule has 0 bridgehead atoms. The van der Waals surface area contributed by atoms with E-state index in [2.05, 4.69) is 30.9 Å². The molecule has 0 amide bonds. The third-order valence-electron chi connectivity index (χ3n) is 3.36. The van der Waals surface area contributed by atoms with Crippen molar-refractivity contribution in [2.45, 2.75) is 39.2 Å². The van der Waals surface area contributed by atoms with E-state index in [9.17, 15) is 0 Å². The molecule has 1 fully saturated rings. The van der Waals surface area contributed by atoms with Crippen molar-refractivity contribution in [1.29, 1.82) is 0 Å². The molecule has 0 aliphatic carbocycles. The molecule has 3 heteroatoms. The van der Waals surface area contributed by atoms with Crippen LogP contribution in [0.3, 0.4) is 0 Å². The van der Waals surface area contributed by atoms with Crippen LogP contribution in [0.15, 0.2) is 0 Å². The molecule has 0 spiro atoms. The first-order chi connectivity index (χ1) is 7.24. The van der Waals surface area contributed by atoms with Gasteiger partial charge in [-0.25, -0.2) is 0 Å². The maximum absolute atomic E-state index is 5.73. The van der Waals surface area contributed by atoms with Gasteiger partial charge in [0.05, 0.1) is 0 Å². The van der Waals surface area contributed by atoms with Gasteiger partial charge in [0.25, 0.3) is 0 Å². The summed E-state index contributed by atoms with van der Waals surface area (Å²) >= 11 is 2.11. The van der Waals surface area contributed by atoms with E-state index in [0.29, 0.717) is 12.0 Å². The molecule has 1 aliphatic heterocycles. The Morgan fingerprint density at radius 1 is 1.33 bits per heavy atom. The van der Waals surface area contributed by atoms with Crippen molar-refractivity contribution in [3.8, 4) is 0 Å². The van der Waals surface area contributed by atoms with Crippen LogP contribution in [0.5, 0.6) is 0 Å². The predicted molar refractivity (Wildman–Crippen MR) is 70.3 cm³/mol. The van der Waals surface area contributed by atoms with E-state index in [1.165, 1.54) is 30.8 Å². The van der Waals surface area contributed by atoms with E-state index >= 15 is 0 Å². The monoisotopic (exact) mass is 230 g/mol. The number of hydrogen-bond donors (Lipinski definition) is 2. The molecular formula is C12H26N2S. The van der Waals surface area contributed by atoms with Crippen molar-refractivity contribution in [3.05, 3.63) is 0 Å². The number of nitrogens with one attached hydrogen (secondary N) is 1. The van der Waals surface area contributed by atoms with Crippen LogP contribution in [0.2, 0.25) is 0 Å². The Hall–Kier alpha value is 0.270. The second-order valence-corrected chi connectivity index (χ2v) is 6.11. The molecular weight excluding hydrogens is 204 g/mol. The fraction of sp³-hybridized carbons (Fsp3) is 1.00. The van der Waals surface area contributed by atoms with Gasteiger partial charge in [-0.1, -0.05) is 13.8 Å². The third kappa shape index (κ3) is 5.23. The SMILES string of the molecule is CC(C)C(CN)NCCC1CCSCC1. The maximum atomic E-state index is 5.73. The van der Waals surface area contributed by atoms with Gasteiger partial charge in [-0.2, -0.15) is 11.8 Å². The van der Waals surface area contributed by atoms with Crippen molar-refractivity contribution in [2.24, 2.45) is 17.6 Å². The van der Waals surface area contributed by atoms with Crippen molar-refractivity contribution in [2.75, 3.05) is 24.6 Å². The van der Waals surface area contributed by atoms with E-state index < -0.39 is 0 Å². The summed E-state index contributed by atoms with van der Waals surface area (Å²) in [5, 5.41) is 3.58. The Morgan fingerprint density at radius 2 is 2.00 bits per heavy atom. The zero-order chi connectivity index (χ0) is 11.1. The van der Waals surface area contributed by atoms with Crippen LogP contribution in [0.4, 0.5) is 0 Å². The van der Waals surface area contributed by atoms with Gasteiger partial charge in [0, 0.05) is 12.6 Å². The summed E-state index contributed by atoms with van der Waals surface area (Å²) in [6.07, 6.45) is 4.17. The highest BCUT2D eigenvalue weighted by atomic mass is 32.2. The molecule has 90 valence electrons. The maximum Gasteiger partial charge on any atom is 0.0213 e. The quantitative estimate of drug-likeness (QED) is 0.734. The number of rotatable bonds is 6. The molecule has 1 heterocycles. The second-order valence-electron chi connectivity index (χ2n) is 4.88. The van der Waals surface area contributed by atoms with E-state index in [1.54, 1.807) is 0 Å². The lowest BCUT2D eigenvalue weighted by molar-refractivity contribution is 0.370. The molecule has 0 aromatic rings. The topological polar surface area (TPSA) is 38.0 Å². The molecule has 0 saturated carbocycles.